The molecule has 0 radical (unpaired) electrons. The summed E-state index contributed by atoms with van der Waals surface area (Å²) in [4.78, 5) is 4.05. The third-order valence-electron chi connectivity index (χ3n) is 3.56. The van der Waals surface area contributed by atoms with Crippen molar-refractivity contribution in [3.05, 3.63) is 60.0 Å². The Bertz CT molecular complexity index is 716. The van der Waals surface area contributed by atoms with E-state index in [1.165, 1.54) is 16.6 Å². The van der Waals surface area contributed by atoms with Gasteiger partial charge in [-0.15, -0.1) is 0 Å². The number of aromatic nitrogens is 2. The lowest BCUT2D eigenvalue weighted by molar-refractivity contribution is 0.476. The molecule has 0 aliphatic heterocycles. The maximum absolute atomic E-state index is 9.74. The Hall–Kier alpha value is -2.29. The van der Waals surface area contributed by atoms with Gasteiger partial charge in [0.2, 0.25) is 0 Å². The van der Waals surface area contributed by atoms with Crippen LogP contribution in [0.3, 0.4) is 0 Å². The Kier molecular flexibility index (Phi) is 3.42. The summed E-state index contributed by atoms with van der Waals surface area (Å²) in [5, 5.41) is 10.9. The van der Waals surface area contributed by atoms with Gasteiger partial charge in [-0.1, -0.05) is 6.92 Å². The van der Waals surface area contributed by atoms with Crippen molar-refractivity contribution < 1.29 is 5.11 Å². The van der Waals surface area contributed by atoms with Crippen molar-refractivity contribution in [2.75, 3.05) is 0 Å². The van der Waals surface area contributed by atoms with Crippen LogP contribution in [0, 0.1) is 0 Å². The van der Waals surface area contributed by atoms with E-state index in [2.05, 4.69) is 22.7 Å². The molecule has 1 N–H and O–H groups in total. The van der Waals surface area contributed by atoms with Gasteiger partial charge in [0.1, 0.15) is 5.75 Å². The van der Waals surface area contributed by atoms with Crippen LogP contribution in [0.2, 0.25) is 0 Å². The van der Waals surface area contributed by atoms with E-state index in [-0.39, 0.29) is 0 Å². The SMILES string of the molecule is CCCn1cc(Cc2ccncc2)c2cc(O)ccc21. The van der Waals surface area contributed by atoms with Gasteiger partial charge in [0.15, 0.2) is 0 Å². The summed E-state index contributed by atoms with van der Waals surface area (Å²) >= 11 is 0. The van der Waals surface area contributed by atoms with Crippen LogP contribution in [0.5, 0.6) is 5.75 Å². The maximum atomic E-state index is 9.74. The van der Waals surface area contributed by atoms with E-state index < -0.39 is 0 Å². The fraction of sp³-hybridized carbons (Fsp3) is 0.235. The zero-order chi connectivity index (χ0) is 13.9. The number of hydrogen-bond donors (Lipinski definition) is 1. The summed E-state index contributed by atoms with van der Waals surface area (Å²) in [6.07, 6.45) is 7.79. The molecular formula is C17H18N2O. The summed E-state index contributed by atoms with van der Waals surface area (Å²) < 4.78 is 2.27. The minimum atomic E-state index is 0.322. The molecule has 3 nitrogen and oxygen atoms in total. The predicted octanol–water partition coefficient (Wildman–Crippen LogP) is 3.74. The van der Waals surface area contributed by atoms with Crippen LogP contribution >= 0.6 is 0 Å². The minimum absolute atomic E-state index is 0.322. The summed E-state index contributed by atoms with van der Waals surface area (Å²) in [5.74, 6) is 0.322. The first kappa shape index (κ1) is 12.7. The van der Waals surface area contributed by atoms with Gasteiger partial charge in [-0.25, -0.2) is 0 Å². The fourth-order valence-corrected chi connectivity index (χ4v) is 2.65. The van der Waals surface area contributed by atoms with E-state index in [0.717, 1.165) is 24.8 Å². The zero-order valence-corrected chi connectivity index (χ0v) is 11.6. The monoisotopic (exact) mass is 266 g/mol. The lowest BCUT2D eigenvalue weighted by atomic mass is 10.1. The van der Waals surface area contributed by atoms with Crippen LogP contribution in [0.1, 0.15) is 24.5 Å². The van der Waals surface area contributed by atoms with Crippen molar-refractivity contribution in [2.45, 2.75) is 26.3 Å². The van der Waals surface area contributed by atoms with Gasteiger partial charge in [-0.3, -0.25) is 4.98 Å². The summed E-state index contributed by atoms with van der Waals surface area (Å²) in [6, 6.07) is 9.68. The van der Waals surface area contributed by atoms with Crippen LogP contribution in [0.15, 0.2) is 48.9 Å². The van der Waals surface area contributed by atoms with Crippen LogP contribution in [-0.4, -0.2) is 14.7 Å². The molecule has 0 amide bonds. The van der Waals surface area contributed by atoms with E-state index in [1.54, 1.807) is 6.07 Å². The van der Waals surface area contributed by atoms with Crippen molar-refractivity contribution in [2.24, 2.45) is 0 Å². The number of nitrogens with zero attached hydrogens (tertiary/aromatic N) is 2. The van der Waals surface area contributed by atoms with Crippen LogP contribution < -0.4 is 0 Å². The van der Waals surface area contributed by atoms with E-state index in [9.17, 15) is 5.11 Å². The number of pyridine rings is 1. The molecule has 2 aromatic heterocycles. The molecule has 20 heavy (non-hydrogen) atoms. The first-order valence-corrected chi connectivity index (χ1v) is 6.97. The number of phenolic OH excluding ortho intramolecular Hbond substituents is 1. The second-order valence-electron chi connectivity index (χ2n) is 5.08. The molecule has 0 atom stereocenters. The number of benzene rings is 1. The van der Waals surface area contributed by atoms with Crippen molar-refractivity contribution >= 4 is 10.9 Å². The lowest BCUT2D eigenvalue weighted by Gasteiger charge is -2.02. The van der Waals surface area contributed by atoms with Crippen molar-refractivity contribution in [3.8, 4) is 5.75 Å². The molecule has 0 spiro atoms. The standard InChI is InChI=1S/C17H18N2O/c1-2-9-19-12-14(10-13-5-7-18-8-6-13)16-11-15(20)3-4-17(16)19/h3-8,11-12,20H,2,9-10H2,1H3. The Morgan fingerprint density at radius 2 is 1.95 bits per heavy atom. The van der Waals surface area contributed by atoms with Gasteiger partial charge in [0, 0.05) is 36.0 Å². The molecule has 0 bridgehead atoms. The smallest absolute Gasteiger partial charge is 0.116 e. The molecule has 0 aliphatic carbocycles. The van der Waals surface area contributed by atoms with Gasteiger partial charge >= 0.3 is 0 Å². The molecule has 3 heteroatoms. The first-order valence-electron chi connectivity index (χ1n) is 6.97. The molecule has 1 aromatic carbocycles. The second kappa shape index (κ2) is 5.37. The fourth-order valence-electron chi connectivity index (χ4n) is 2.65. The molecule has 2 heterocycles. The Balaban J connectivity index is 2.07. The zero-order valence-electron chi connectivity index (χ0n) is 11.6. The summed E-state index contributed by atoms with van der Waals surface area (Å²) in [6.45, 7) is 3.17. The topological polar surface area (TPSA) is 38.0 Å². The number of fused-ring (bicyclic) bond motifs is 1. The average Bonchev–Trinajstić information content (AvgIpc) is 2.78. The van der Waals surface area contributed by atoms with E-state index in [0.29, 0.717) is 5.75 Å². The number of hydrogen-bond acceptors (Lipinski definition) is 2. The highest BCUT2D eigenvalue weighted by molar-refractivity contribution is 5.85. The Morgan fingerprint density at radius 1 is 1.15 bits per heavy atom. The molecule has 0 unspecified atom stereocenters. The highest BCUT2D eigenvalue weighted by Crippen LogP contribution is 2.27. The second-order valence-corrected chi connectivity index (χ2v) is 5.08. The van der Waals surface area contributed by atoms with Gasteiger partial charge in [0.05, 0.1) is 0 Å². The van der Waals surface area contributed by atoms with E-state index >= 15 is 0 Å². The quantitative estimate of drug-likeness (QED) is 0.781. The van der Waals surface area contributed by atoms with Crippen molar-refractivity contribution in [1.29, 1.82) is 0 Å². The van der Waals surface area contributed by atoms with Gasteiger partial charge in [0.25, 0.3) is 0 Å². The van der Waals surface area contributed by atoms with Gasteiger partial charge in [-0.05, 0) is 54.3 Å². The van der Waals surface area contributed by atoms with Crippen molar-refractivity contribution in [1.82, 2.24) is 9.55 Å². The number of phenols is 1. The first-order chi connectivity index (χ1) is 9.78. The number of aromatic hydroxyl groups is 1. The van der Waals surface area contributed by atoms with Gasteiger partial charge < -0.3 is 9.67 Å². The van der Waals surface area contributed by atoms with Crippen LogP contribution in [0.4, 0.5) is 0 Å². The van der Waals surface area contributed by atoms with Gasteiger partial charge in [-0.2, -0.15) is 0 Å². The molecule has 0 aliphatic rings. The number of rotatable bonds is 4. The Labute approximate surface area is 118 Å². The molecule has 3 aromatic rings. The molecular weight excluding hydrogens is 248 g/mol. The summed E-state index contributed by atoms with van der Waals surface area (Å²) in [5.41, 5.74) is 3.67. The maximum Gasteiger partial charge on any atom is 0.116 e. The van der Waals surface area contributed by atoms with Crippen LogP contribution in [-0.2, 0) is 13.0 Å². The third kappa shape index (κ3) is 2.39. The normalized spacial score (nSPS) is 11.1. The largest absolute Gasteiger partial charge is 0.508 e. The molecule has 0 fully saturated rings. The lowest BCUT2D eigenvalue weighted by Crippen LogP contribution is -1.93. The highest BCUT2D eigenvalue weighted by Gasteiger charge is 2.09. The van der Waals surface area contributed by atoms with E-state index in [4.69, 9.17) is 0 Å². The molecule has 3 rings (SSSR count). The van der Waals surface area contributed by atoms with E-state index in [1.807, 2.05) is 36.7 Å². The predicted molar refractivity (Wildman–Crippen MR) is 80.9 cm³/mol. The third-order valence-corrected chi connectivity index (χ3v) is 3.56. The van der Waals surface area contributed by atoms with Crippen LogP contribution in [0.25, 0.3) is 10.9 Å². The van der Waals surface area contributed by atoms with Crippen molar-refractivity contribution in [3.63, 3.8) is 0 Å². The molecule has 0 saturated heterocycles. The molecule has 0 saturated carbocycles. The average molecular weight is 266 g/mol. The summed E-state index contributed by atoms with van der Waals surface area (Å²) in [7, 11) is 0. The highest BCUT2D eigenvalue weighted by atomic mass is 16.3. The Morgan fingerprint density at radius 3 is 2.70 bits per heavy atom. The minimum Gasteiger partial charge on any atom is -0.508 e. The number of aryl methyl sites for hydroxylation is 1. The molecule has 102 valence electrons.